The SMILES string of the molecule is C/C=C(\C=C(/CS)S(=O)(=O)Cl)c1cc(C(F)(F)F)nn1-c1ccccc1. The number of aromatic nitrogens is 2. The lowest BCUT2D eigenvalue weighted by Gasteiger charge is -2.09. The number of nitrogens with zero attached hydrogens (tertiary/aromatic N) is 2. The third kappa shape index (κ3) is 4.72. The molecule has 0 radical (unpaired) electrons. The molecule has 0 atom stereocenters. The minimum Gasteiger partial charge on any atom is -0.233 e. The van der Waals surface area contributed by atoms with E-state index >= 15 is 0 Å². The third-order valence-electron chi connectivity index (χ3n) is 3.39. The summed E-state index contributed by atoms with van der Waals surface area (Å²) >= 11 is 3.92. The van der Waals surface area contributed by atoms with Crippen molar-refractivity contribution >= 4 is 37.9 Å². The van der Waals surface area contributed by atoms with Crippen LogP contribution in [0.15, 0.2) is 53.5 Å². The zero-order valence-electron chi connectivity index (χ0n) is 13.4. The summed E-state index contributed by atoms with van der Waals surface area (Å²) in [5.74, 6) is -0.200. The van der Waals surface area contributed by atoms with E-state index in [1.54, 1.807) is 37.3 Å². The van der Waals surface area contributed by atoms with E-state index in [1.165, 1.54) is 12.2 Å². The minimum absolute atomic E-state index is 0.0747. The number of benzene rings is 1. The Hall–Kier alpha value is -1.71. The predicted octanol–water partition coefficient (Wildman–Crippen LogP) is 4.68. The topological polar surface area (TPSA) is 52.0 Å². The van der Waals surface area contributed by atoms with Gasteiger partial charge in [0.2, 0.25) is 0 Å². The van der Waals surface area contributed by atoms with Crippen molar-refractivity contribution in [3.63, 3.8) is 0 Å². The van der Waals surface area contributed by atoms with Crippen LogP contribution >= 0.6 is 23.3 Å². The third-order valence-corrected chi connectivity index (χ3v) is 5.43. The Morgan fingerprint density at radius 1 is 1.31 bits per heavy atom. The number of halogens is 4. The van der Waals surface area contributed by atoms with Crippen LogP contribution in [0.25, 0.3) is 11.3 Å². The van der Waals surface area contributed by atoms with E-state index in [0.29, 0.717) is 5.69 Å². The molecule has 2 rings (SSSR count). The Morgan fingerprint density at radius 2 is 1.92 bits per heavy atom. The van der Waals surface area contributed by atoms with Crippen molar-refractivity contribution in [3.8, 4) is 5.69 Å². The summed E-state index contributed by atoms with van der Waals surface area (Å²) in [4.78, 5) is -0.232. The second-order valence-electron chi connectivity index (χ2n) is 5.11. The lowest BCUT2D eigenvalue weighted by atomic mass is 10.1. The number of allylic oxidation sites excluding steroid dienone is 3. The maximum absolute atomic E-state index is 13.1. The Kier molecular flexibility index (Phi) is 6.25. The summed E-state index contributed by atoms with van der Waals surface area (Å²) < 4.78 is 63.7. The molecule has 0 spiro atoms. The van der Waals surface area contributed by atoms with Gasteiger partial charge in [0.1, 0.15) is 0 Å². The molecule has 140 valence electrons. The van der Waals surface area contributed by atoms with Crippen molar-refractivity contribution in [1.82, 2.24) is 9.78 Å². The minimum atomic E-state index is -4.65. The van der Waals surface area contributed by atoms with Gasteiger partial charge < -0.3 is 0 Å². The number of hydrogen-bond donors (Lipinski definition) is 1. The Morgan fingerprint density at radius 3 is 2.38 bits per heavy atom. The molecule has 0 bridgehead atoms. The maximum atomic E-state index is 13.1. The molecule has 0 saturated heterocycles. The number of alkyl halides is 3. The molecule has 1 aromatic heterocycles. The smallest absolute Gasteiger partial charge is 0.233 e. The van der Waals surface area contributed by atoms with Gasteiger partial charge in [-0.25, -0.2) is 13.1 Å². The lowest BCUT2D eigenvalue weighted by Crippen LogP contribution is -2.07. The normalized spacial score (nSPS) is 13.9. The molecular weight excluding hydrogens is 409 g/mol. The summed E-state index contributed by atoms with van der Waals surface area (Å²) in [6.07, 6.45) is -1.99. The Balaban J connectivity index is 2.70. The summed E-state index contributed by atoms with van der Waals surface area (Å²) in [5, 5.41) is 3.64. The van der Waals surface area contributed by atoms with Gasteiger partial charge in [0.05, 0.1) is 16.3 Å². The van der Waals surface area contributed by atoms with Crippen molar-refractivity contribution in [2.75, 3.05) is 5.75 Å². The molecule has 0 aliphatic rings. The summed E-state index contributed by atoms with van der Waals surface area (Å²) in [5.41, 5.74) is -0.409. The van der Waals surface area contributed by atoms with Gasteiger partial charge in [-0.3, -0.25) is 0 Å². The van der Waals surface area contributed by atoms with Crippen LogP contribution in [-0.2, 0) is 15.2 Å². The molecule has 0 N–H and O–H groups in total. The van der Waals surface area contributed by atoms with Crippen LogP contribution in [0.2, 0.25) is 0 Å². The molecule has 0 amide bonds. The monoisotopic (exact) mass is 422 g/mol. The number of rotatable bonds is 5. The molecule has 1 aromatic carbocycles. The number of thiol groups is 1. The van der Waals surface area contributed by atoms with Crippen LogP contribution in [0.4, 0.5) is 13.2 Å². The fraction of sp³-hybridized carbons (Fsp3) is 0.188. The van der Waals surface area contributed by atoms with Gasteiger partial charge in [0.25, 0.3) is 9.05 Å². The largest absolute Gasteiger partial charge is 0.435 e. The van der Waals surface area contributed by atoms with E-state index in [2.05, 4.69) is 17.7 Å². The Labute approximate surface area is 158 Å². The number of para-hydroxylation sites is 1. The van der Waals surface area contributed by atoms with Crippen LogP contribution in [0, 0.1) is 0 Å². The second-order valence-corrected chi connectivity index (χ2v) is 8.05. The molecule has 0 unspecified atom stereocenters. The van der Waals surface area contributed by atoms with E-state index in [4.69, 9.17) is 10.7 Å². The van der Waals surface area contributed by atoms with Crippen molar-refractivity contribution < 1.29 is 21.6 Å². The first-order valence-electron chi connectivity index (χ1n) is 7.23. The first-order chi connectivity index (χ1) is 12.1. The predicted molar refractivity (Wildman–Crippen MR) is 98.9 cm³/mol. The molecule has 0 saturated carbocycles. The second kappa shape index (κ2) is 7.89. The van der Waals surface area contributed by atoms with Gasteiger partial charge in [0.15, 0.2) is 5.69 Å². The van der Waals surface area contributed by atoms with Crippen LogP contribution in [0.1, 0.15) is 18.3 Å². The van der Waals surface area contributed by atoms with Crippen LogP contribution < -0.4 is 0 Å². The molecule has 10 heteroatoms. The number of hydrogen-bond acceptors (Lipinski definition) is 4. The average Bonchev–Trinajstić information content (AvgIpc) is 3.01. The fourth-order valence-electron chi connectivity index (χ4n) is 2.16. The highest BCUT2D eigenvalue weighted by atomic mass is 35.7. The van der Waals surface area contributed by atoms with Crippen LogP contribution in [0.3, 0.4) is 0 Å². The molecule has 4 nitrogen and oxygen atoms in total. The standard InChI is InChI=1S/C16H14ClF3N2O2S2/c1-2-11(8-13(10-25)26(17,23)24)14-9-15(16(18,19)20)21-22(14)12-6-4-3-5-7-12/h2-9,25H,10H2,1H3/b11-2+,13-8+. The molecule has 26 heavy (non-hydrogen) atoms. The van der Waals surface area contributed by atoms with E-state index in [1.807, 2.05) is 0 Å². The molecule has 0 aliphatic carbocycles. The Bertz CT molecular complexity index is 950. The highest BCUT2D eigenvalue weighted by Gasteiger charge is 2.35. The van der Waals surface area contributed by atoms with Crippen molar-refractivity contribution in [2.45, 2.75) is 13.1 Å². The maximum Gasteiger partial charge on any atom is 0.435 e. The van der Waals surface area contributed by atoms with Crippen molar-refractivity contribution in [3.05, 3.63) is 64.8 Å². The summed E-state index contributed by atoms with van der Waals surface area (Å²) in [6, 6.07) is 9.06. The first-order valence-corrected chi connectivity index (χ1v) is 10.2. The summed E-state index contributed by atoms with van der Waals surface area (Å²) in [7, 11) is 1.28. The molecule has 1 heterocycles. The van der Waals surface area contributed by atoms with Gasteiger partial charge in [0, 0.05) is 16.4 Å². The fourth-order valence-corrected chi connectivity index (χ4v) is 3.71. The molecule has 0 fully saturated rings. The first kappa shape index (κ1) is 20.6. The lowest BCUT2D eigenvalue weighted by molar-refractivity contribution is -0.141. The molecular formula is C16H14ClF3N2O2S2. The highest BCUT2D eigenvalue weighted by Crippen LogP contribution is 2.32. The zero-order valence-corrected chi connectivity index (χ0v) is 15.9. The van der Waals surface area contributed by atoms with Gasteiger partial charge >= 0.3 is 6.18 Å². The van der Waals surface area contributed by atoms with Gasteiger partial charge in [-0.15, -0.1) is 0 Å². The van der Waals surface area contributed by atoms with E-state index in [0.717, 1.165) is 10.7 Å². The van der Waals surface area contributed by atoms with Crippen LogP contribution in [0.5, 0.6) is 0 Å². The van der Waals surface area contributed by atoms with Gasteiger partial charge in [-0.1, -0.05) is 24.3 Å². The highest BCUT2D eigenvalue weighted by molar-refractivity contribution is 8.17. The van der Waals surface area contributed by atoms with E-state index in [-0.39, 0.29) is 21.9 Å². The van der Waals surface area contributed by atoms with Gasteiger partial charge in [-0.2, -0.15) is 30.9 Å². The van der Waals surface area contributed by atoms with E-state index < -0.39 is 20.9 Å². The molecule has 2 aromatic rings. The van der Waals surface area contributed by atoms with Gasteiger partial charge in [-0.05, 0) is 36.8 Å². The summed E-state index contributed by atoms with van der Waals surface area (Å²) in [6.45, 7) is 1.57. The van der Waals surface area contributed by atoms with E-state index in [9.17, 15) is 21.6 Å². The molecule has 0 aliphatic heterocycles. The van der Waals surface area contributed by atoms with Crippen molar-refractivity contribution in [1.29, 1.82) is 0 Å². The van der Waals surface area contributed by atoms with Crippen LogP contribution in [-0.4, -0.2) is 24.0 Å². The average molecular weight is 423 g/mol. The zero-order chi connectivity index (χ0) is 19.5. The van der Waals surface area contributed by atoms with Crippen molar-refractivity contribution in [2.24, 2.45) is 0 Å². The quantitative estimate of drug-likeness (QED) is 0.432.